The van der Waals surface area contributed by atoms with Crippen molar-refractivity contribution < 1.29 is 4.74 Å². The Labute approximate surface area is 118 Å². The summed E-state index contributed by atoms with van der Waals surface area (Å²) >= 11 is 1.68. The molecule has 0 aliphatic heterocycles. The molecular formula is C15H20N2OS. The van der Waals surface area contributed by atoms with E-state index in [0.29, 0.717) is 6.61 Å². The average Bonchev–Trinajstić information content (AvgIpc) is 2.66. The van der Waals surface area contributed by atoms with E-state index >= 15 is 0 Å². The molecule has 19 heavy (non-hydrogen) atoms. The highest BCUT2D eigenvalue weighted by Crippen LogP contribution is 2.26. The lowest BCUT2D eigenvalue weighted by atomic mass is 10.1. The van der Waals surface area contributed by atoms with Crippen LogP contribution in [0.15, 0.2) is 18.2 Å². The third-order valence-electron chi connectivity index (χ3n) is 3.08. The summed E-state index contributed by atoms with van der Waals surface area (Å²) in [5.41, 5.74) is 9.26. The molecule has 0 fully saturated rings. The van der Waals surface area contributed by atoms with Crippen LogP contribution in [0.3, 0.4) is 0 Å². The molecule has 1 aromatic heterocycles. The molecule has 0 amide bonds. The summed E-state index contributed by atoms with van der Waals surface area (Å²) in [6.07, 6.45) is 0. The first-order chi connectivity index (χ1) is 8.97. The number of benzene rings is 1. The molecule has 2 aromatic rings. The van der Waals surface area contributed by atoms with Crippen LogP contribution in [-0.2, 0) is 6.61 Å². The Morgan fingerprint density at radius 3 is 2.63 bits per heavy atom. The number of nitrogens with two attached hydrogens (primary N) is 1. The van der Waals surface area contributed by atoms with Crippen molar-refractivity contribution in [1.82, 2.24) is 4.98 Å². The molecule has 4 heteroatoms. The van der Waals surface area contributed by atoms with Crippen molar-refractivity contribution in [3.8, 4) is 5.75 Å². The summed E-state index contributed by atoms with van der Waals surface area (Å²) in [6, 6.07) is 6.10. The minimum Gasteiger partial charge on any atom is -0.486 e. The minimum atomic E-state index is -0.0321. The Morgan fingerprint density at radius 2 is 2.05 bits per heavy atom. The molecule has 1 atom stereocenters. The van der Waals surface area contributed by atoms with Gasteiger partial charge in [-0.15, -0.1) is 11.3 Å². The zero-order chi connectivity index (χ0) is 14.0. The quantitative estimate of drug-likeness (QED) is 0.927. The van der Waals surface area contributed by atoms with E-state index in [1.54, 1.807) is 11.3 Å². The van der Waals surface area contributed by atoms with Gasteiger partial charge in [0.1, 0.15) is 17.4 Å². The van der Waals surface area contributed by atoms with Crippen molar-refractivity contribution in [3.05, 3.63) is 44.9 Å². The van der Waals surface area contributed by atoms with Crippen molar-refractivity contribution in [2.24, 2.45) is 5.73 Å². The van der Waals surface area contributed by atoms with Gasteiger partial charge in [0.05, 0.1) is 5.69 Å². The molecule has 0 saturated heterocycles. The van der Waals surface area contributed by atoms with Crippen molar-refractivity contribution in [2.75, 3.05) is 0 Å². The van der Waals surface area contributed by atoms with Crippen LogP contribution in [-0.4, -0.2) is 4.98 Å². The highest BCUT2D eigenvalue weighted by Gasteiger charge is 2.10. The van der Waals surface area contributed by atoms with E-state index in [4.69, 9.17) is 10.5 Å². The summed E-state index contributed by atoms with van der Waals surface area (Å²) in [6.45, 7) is 8.62. The van der Waals surface area contributed by atoms with Crippen LogP contribution in [0.2, 0.25) is 0 Å². The van der Waals surface area contributed by atoms with Gasteiger partial charge in [-0.1, -0.05) is 12.1 Å². The summed E-state index contributed by atoms with van der Waals surface area (Å²) in [5, 5.41) is 1.01. The van der Waals surface area contributed by atoms with Gasteiger partial charge in [0.2, 0.25) is 0 Å². The topological polar surface area (TPSA) is 48.1 Å². The van der Waals surface area contributed by atoms with Crippen LogP contribution >= 0.6 is 11.3 Å². The smallest absolute Gasteiger partial charge is 0.140 e. The molecule has 0 aliphatic carbocycles. The summed E-state index contributed by atoms with van der Waals surface area (Å²) in [4.78, 5) is 5.73. The second kappa shape index (κ2) is 5.72. The average molecular weight is 276 g/mol. The predicted octanol–water partition coefficient (Wildman–Crippen LogP) is 3.67. The van der Waals surface area contributed by atoms with Crippen molar-refractivity contribution >= 4 is 11.3 Å². The Hall–Kier alpha value is -1.39. The summed E-state index contributed by atoms with van der Waals surface area (Å²) in [7, 11) is 0. The fourth-order valence-corrected chi connectivity index (χ4v) is 2.73. The van der Waals surface area contributed by atoms with E-state index < -0.39 is 0 Å². The normalized spacial score (nSPS) is 12.5. The van der Waals surface area contributed by atoms with Crippen LogP contribution in [0.5, 0.6) is 5.75 Å². The molecule has 2 rings (SSSR count). The molecule has 0 bridgehead atoms. The number of hydrogen-bond donors (Lipinski definition) is 1. The molecule has 0 saturated carbocycles. The number of aryl methyl sites for hydroxylation is 3. The Balaban J connectivity index is 2.16. The van der Waals surface area contributed by atoms with Crippen molar-refractivity contribution in [2.45, 2.75) is 40.3 Å². The zero-order valence-electron chi connectivity index (χ0n) is 11.9. The first kappa shape index (κ1) is 14.0. The van der Waals surface area contributed by atoms with Crippen LogP contribution in [0.4, 0.5) is 0 Å². The fourth-order valence-electron chi connectivity index (χ4n) is 1.88. The van der Waals surface area contributed by atoms with Crippen LogP contribution in [0, 0.1) is 20.8 Å². The first-order valence-electron chi connectivity index (χ1n) is 6.39. The number of aromatic nitrogens is 1. The van der Waals surface area contributed by atoms with Gasteiger partial charge in [0.25, 0.3) is 0 Å². The number of ether oxygens (including phenoxy) is 1. The number of hydrogen-bond acceptors (Lipinski definition) is 4. The van der Waals surface area contributed by atoms with Gasteiger partial charge in [-0.25, -0.2) is 4.98 Å². The van der Waals surface area contributed by atoms with E-state index in [1.807, 2.05) is 26.0 Å². The summed E-state index contributed by atoms with van der Waals surface area (Å²) in [5.74, 6) is 0.862. The lowest BCUT2D eigenvalue weighted by molar-refractivity contribution is 0.300. The lowest BCUT2D eigenvalue weighted by Gasteiger charge is -2.14. The predicted molar refractivity (Wildman–Crippen MR) is 79.7 cm³/mol. The largest absolute Gasteiger partial charge is 0.486 e. The maximum atomic E-state index is 5.97. The molecule has 102 valence electrons. The Morgan fingerprint density at radius 1 is 1.32 bits per heavy atom. The standard InChI is InChI=1S/C15H20N2OS/c1-9-5-6-13(10(2)16)14(7-9)18-8-15-17-11(3)12(4)19-15/h5-7,10H,8,16H2,1-4H3/t10-/m0/s1. The van der Waals surface area contributed by atoms with Gasteiger partial charge in [-0.3, -0.25) is 0 Å². The van der Waals surface area contributed by atoms with E-state index in [-0.39, 0.29) is 6.04 Å². The minimum absolute atomic E-state index is 0.0321. The third-order valence-corrected chi connectivity index (χ3v) is 4.13. The number of thiazole rings is 1. The van der Waals surface area contributed by atoms with E-state index in [9.17, 15) is 0 Å². The van der Waals surface area contributed by atoms with E-state index in [2.05, 4.69) is 24.9 Å². The molecule has 2 N–H and O–H groups in total. The van der Waals surface area contributed by atoms with Gasteiger partial charge in [-0.2, -0.15) is 0 Å². The highest BCUT2D eigenvalue weighted by molar-refractivity contribution is 7.11. The molecular weight excluding hydrogens is 256 g/mol. The molecule has 0 aliphatic rings. The van der Waals surface area contributed by atoms with Crippen molar-refractivity contribution in [3.63, 3.8) is 0 Å². The van der Waals surface area contributed by atoms with Crippen LogP contribution in [0.1, 0.15) is 39.7 Å². The van der Waals surface area contributed by atoms with Crippen LogP contribution in [0.25, 0.3) is 0 Å². The van der Waals surface area contributed by atoms with Gasteiger partial charge >= 0.3 is 0 Å². The Kier molecular flexibility index (Phi) is 4.22. The molecule has 0 radical (unpaired) electrons. The molecule has 0 spiro atoms. The monoisotopic (exact) mass is 276 g/mol. The lowest BCUT2D eigenvalue weighted by Crippen LogP contribution is -2.08. The van der Waals surface area contributed by atoms with E-state index in [1.165, 1.54) is 10.4 Å². The van der Waals surface area contributed by atoms with Gasteiger partial charge in [0.15, 0.2) is 0 Å². The van der Waals surface area contributed by atoms with Gasteiger partial charge < -0.3 is 10.5 Å². The highest BCUT2D eigenvalue weighted by atomic mass is 32.1. The SMILES string of the molecule is Cc1ccc([C@H](C)N)c(OCc2nc(C)c(C)s2)c1. The van der Waals surface area contributed by atoms with E-state index in [0.717, 1.165) is 22.0 Å². The Bertz CT molecular complexity index is 556. The maximum absolute atomic E-state index is 5.97. The molecule has 1 aromatic carbocycles. The molecule has 3 nitrogen and oxygen atoms in total. The fraction of sp³-hybridized carbons (Fsp3) is 0.400. The molecule has 0 unspecified atom stereocenters. The number of nitrogens with zero attached hydrogens (tertiary/aromatic N) is 1. The van der Waals surface area contributed by atoms with Crippen molar-refractivity contribution in [1.29, 1.82) is 0 Å². The maximum Gasteiger partial charge on any atom is 0.140 e. The molecule has 1 heterocycles. The third kappa shape index (κ3) is 3.33. The van der Waals surface area contributed by atoms with Crippen LogP contribution < -0.4 is 10.5 Å². The van der Waals surface area contributed by atoms with Gasteiger partial charge in [0, 0.05) is 16.5 Å². The number of rotatable bonds is 4. The van der Waals surface area contributed by atoms with Gasteiger partial charge in [-0.05, 0) is 39.3 Å². The zero-order valence-corrected chi connectivity index (χ0v) is 12.7. The first-order valence-corrected chi connectivity index (χ1v) is 7.21. The summed E-state index contributed by atoms with van der Waals surface area (Å²) < 4.78 is 5.90. The second-order valence-electron chi connectivity index (χ2n) is 4.87. The second-order valence-corrected chi connectivity index (χ2v) is 6.16.